The predicted molar refractivity (Wildman–Crippen MR) is 56.9 cm³/mol. The summed E-state index contributed by atoms with van der Waals surface area (Å²) in [5, 5.41) is 1.27. The molecule has 2 heteroatoms. The first kappa shape index (κ1) is 8.39. The molecule has 1 nitrogen and oxygen atoms in total. The number of rotatable bonds is 2. The van der Waals surface area contributed by atoms with Gasteiger partial charge in [0.15, 0.2) is 0 Å². The van der Waals surface area contributed by atoms with E-state index in [2.05, 4.69) is 29.0 Å². The average Bonchev–Trinajstić information content (AvgIpc) is 2.58. The van der Waals surface area contributed by atoms with Crippen LogP contribution in [0.4, 0.5) is 0 Å². The van der Waals surface area contributed by atoms with Crippen LogP contribution in [0, 0.1) is 0 Å². The SMILES string of the molecule is Cl/C=C/Cn1ccc2ccccc21. The van der Waals surface area contributed by atoms with Crippen LogP contribution in [0.25, 0.3) is 10.9 Å². The number of nitrogens with zero attached hydrogens (tertiary/aromatic N) is 1. The van der Waals surface area contributed by atoms with Gasteiger partial charge in [0.05, 0.1) is 0 Å². The van der Waals surface area contributed by atoms with Gasteiger partial charge in [-0.05, 0) is 17.5 Å². The van der Waals surface area contributed by atoms with Crippen LogP contribution in [-0.2, 0) is 6.54 Å². The quantitative estimate of drug-likeness (QED) is 0.686. The van der Waals surface area contributed by atoms with Crippen molar-refractivity contribution < 1.29 is 0 Å². The number of allylic oxidation sites excluding steroid dienone is 1. The maximum Gasteiger partial charge on any atom is 0.0483 e. The second-order valence-corrected chi connectivity index (χ2v) is 3.14. The Kier molecular flexibility index (Phi) is 2.37. The van der Waals surface area contributed by atoms with E-state index in [0.717, 1.165) is 6.54 Å². The molecule has 0 N–H and O–H groups in total. The lowest BCUT2D eigenvalue weighted by molar-refractivity contribution is 0.865. The van der Waals surface area contributed by atoms with Crippen molar-refractivity contribution >= 4 is 22.5 Å². The summed E-state index contributed by atoms with van der Waals surface area (Å²) in [5.41, 5.74) is 2.80. The molecule has 0 spiro atoms. The Bertz CT molecular complexity index is 428. The fraction of sp³-hybridized carbons (Fsp3) is 0.0909. The molecule has 1 aromatic carbocycles. The topological polar surface area (TPSA) is 4.93 Å². The standard InChI is InChI=1S/C11H10ClN/c12-7-3-8-13-9-6-10-4-1-2-5-11(10)13/h1-7,9H,8H2/b7-3+. The lowest BCUT2D eigenvalue weighted by atomic mass is 10.2. The molecule has 1 aromatic heterocycles. The Hall–Kier alpha value is -1.21. The zero-order valence-electron chi connectivity index (χ0n) is 7.15. The number of benzene rings is 1. The van der Waals surface area contributed by atoms with E-state index in [1.807, 2.05) is 18.2 Å². The first-order chi connectivity index (χ1) is 6.42. The Morgan fingerprint density at radius 2 is 2.08 bits per heavy atom. The third kappa shape index (κ3) is 1.61. The molecule has 0 bridgehead atoms. The molecule has 1 heterocycles. The van der Waals surface area contributed by atoms with Gasteiger partial charge in [-0.2, -0.15) is 0 Å². The van der Waals surface area contributed by atoms with Gasteiger partial charge in [0, 0.05) is 23.8 Å². The molecule has 0 fully saturated rings. The van der Waals surface area contributed by atoms with Crippen LogP contribution in [0.2, 0.25) is 0 Å². The second kappa shape index (κ2) is 3.67. The van der Waals surface area contributed by atoms with Crippen LogP contribution < -0.4 is 0 Å². The Morgan fingerprint density at radius 3 is 2.92 bits per heavy atom. The van der Waals surface area contributed by atoms with E-state index >= 15 is 0 Å². The van der Waals surface area contributed by atoms with Crippen LogP contribution in [0.5, 0.6) is 0 Å². The maximum atomic E-state index is 5.48. The molecule has 2 aromatic rings. The zero-order chi connectivity index (χ0) is 9.10. The molecule has 0 unspecified atom stereocenters. The van der Waals surface area contributed by atoms with Crippen LogP contribution >= 0.6 is 11.6 Å². The fourth-order valence-electron chi connectivity index (χ4n) is 1.45. The highest BCUT2D eigenvalue weighted by molar-refractivity contribution is 6.25. The van der Waals surface area contributed by atoms with E-state index in [1.165, 1.54) is 10.9 Å². The molecular weight excluding hydrogens is 182 g/mol. The van der Waals surface area contributed by atoms with Crippen molar-refractivity contribution in [2.45, 2.75) is 6.54 Å². The molecule has 0 amide bonds. The van der Waals surface area contributed by atoms with Crippen molar-refractivity contribution in [3.8, 4) is 0 Å². The number of para-hydroxylation sites is 1. The minimum absolute atomic E-state index is 0.830. The monoisotopic (exact) mass is 191 g/mol. The highest BCUT2D eigenvalue weighted by Crippen LogP contribution is 2.14. The van der Waals surface area contributed by atoms with Gasteiger partial charge in [-0.15, -0.1) is 0 Å². The molecular formula is C11H10ClN. The van der Waals surface area contributed by atoms with E-state index in [4.69, 9.17) is 11.6 Å². The van der Waals surface area contributed by atoms with Crippen molar-refractivity contribution in [2.75, 3.05) is 0 Å². The number of fused-ring (bicyclic) bond motifs is 1. The van der Waals surface area contributed by atoms with Gasteiger partial charge in [0.1, 0.15) is 0 Å². The molecule has 0 saturated heterocycles. The summed E-state index contributed by atoms with van der Waals surface area (Å²) >= 11 is 5.48. The number of hydrogen-bond donors (Lipinski definition) is 0. The molecule has 0 aliphatic heterocycles. The van der Waals surface area contributed by atoms with Crippen molar-refractivity contribution in [1.29, 1.82) is 0 Å². The average molecular weight is 192 g/mol. The first-order valence-corrected chi connectivity index (χ1v) is 4.64. The van der Waals surface area contributed by atoms with Crippen molar-refractivity contribution in [2.24, 2.45) is 0 Å². The summed E-state index contributed by atoms with van der Waals surface area (Å²) < 4.78 is 2.16. The summed E-state index contributed by atoms with van der Waals surface area (Å²) in [6, 6.07) is 10.4. The minimum atomic E-state index is 0.830. The molecule has 0 atom stereocenters. The van der Waals surface area contributed by atoms with Gasteiger partial charge >= 0.3 is 0 Å². The second-order valence-electron chi connectivity index (χ2n) is 2.89. The third-order valence-electron chi connectivity index (χ3n) is 2.07. The maximum absolute atomic E-state index is 5.48. The zero-order valence-corrected chi connectivity index (χ0v) is 7.91. The van der Waals surface area contributed by atoms with Crippen LogP contribution in [0.1, 0.15) is 0 Å². The molecule has 0 saturated carbocycles. The van der Waals surface area contributed by atoms with E-state index in [0.29, 0.717) is 0 Å². The highest BCUT2D eigenvalue weighted by atomic mass is 35.5. The molecule has 0 radical (unpaired) electrons. The fourth-order valence-corrected chi connectivity index (χ4v) is 1.53. The van der Waals surface area contributed by atoms with E-state index < -0.39 is 0 Å². The highest BCUT2D eigenvalue weighted by Gasteiger charge is 1.96. The van der Waals surface area contributed by atoms with Crippen LogP contribution in [0.3, 0.4) is 0 Å². The van der Waals surface area contributed by atoms with Crippen molar-refractivity contribution in [3.63, 3.8) is 0 Å². The van der Waals surface area contributed by atoms with Gasteiger partial charge in [0.2, 0.25) is 0 Å². The van der Waals surface area contributed by atoms with Crippen LogP contribution in [0.15, 0.2) is 48.1 Å². The van der Waals surface area contributed by atoms with Crippen molar-refractivity contribution in [3.05, 3.63) is 48.1 Å². The summed E-state index contributed by atoms with van der Waals surface area (Å²) in [5.74, 6) is 0. The van der Waals surface area contributed by atoms with E-state index in [-0.39, 0.29) is 0 Å². The lowest BCUT2D eigenvalue weighted by Gasteiger charge is -1.99. The van der Waals surface area contributed by atoms with Crippen LogP contribution in [-0.4, -0.2) is 4.57 Å². The smallest absolute Gasteiger partial charge is 0.0483 e. The lowest BCUT2D eigenvalue weighted by Crippen LogP contribution is -1.91. The Morgan fingerprint density at radius 1 is 1.23 bits per heavy atom. The molecule has 13 heavy (non-hydrogen) atoms. The van der Waals surface area contributed by atoms with Gasteiger partial charge < -0.3 is 4.57 Å². The van der Waals surface area contributed by atoms with Crippen molar-refractivity contribution in [1.82, 2.24) is 4.57 Å². The molecule has 66 valence electrons. The molecule has 2 rings (SSSR count). The predicted octanol–water partition coefficient (Wildman–Crippen LogP) is 3.39. The van der Waals surface area contributed by atoms with E-state index in [9.17, 15) is 0 Å². The number of aromatic nitrogens is 1. The summed E-state index contributed by atoms with van der Waals surface area (Å²) in [6.07, 6.45) is 4.00. The van der Waals surface area contributed by atoms with Gasteiger partial charge in [-0.3, -0.25) is 0 Å². The number of halogens is 1. The first-order valence-electron chi connectivity index (χ1n) is 4.21. The van der Waals surface area contributed by atoms with Gasteiger partial charge in [-0.1, -0.05) is 35.9 Å². The number of hydrogen-bond acceptors (Lipinski definition) is 0. The molecule has 0 aliphatic rings. The summed E-state index contributed by atoms with van der Waals surface area (Å²) in [4.78, 5) is 0. The summed E-state index contributed by atoms with van der Waals surface area (Å²) in [6.45, 7) is 0.830. The normalized spacial score (nSPS) is 11.5. The molecule has 0 aliphatic carbocycles. The largest absolute Gasteiger partial charge is 0.344 e. The third-order valence-corrected chi connectivity index (χ3v) is 2.25. The Labute approximate surface area is 82.2 Å². The summed E-state index contributed by atoms with van der Waals surface area (Å²) in [7, 11) is 0. The van der Waals surface area contributed by atoms with Gasteiger partial charge in [-0.25, -0.2) is 0 Å². The minimum Gasteiger partial charge on any atom is -0.344 e. The Balaban J connectivity index is 2.45. The van der Waals surface area contributed by atoms with Gasteiger partial charge in [0.25, 0.3) is 0 Å². The van der Waals surface area contributed by atoms with E-state index in [1.54, 1.807) is 5.54 Å².